The SMILES string of the molecule is CC(C)[C@H](CC(=O)CCCCCN1C(=O)C=CC1=O)C(=O)N[C@@H](C)C(=O)Cc1ccc(COC(=O)C(C)(C)C)c(CC[C@@H]2O[C@H](C)[C@@H](O)[C@H](O)[C@H]2O)c1. The number of Topliss-reactive ketones (excluding diaryl/α,β-unsaturated/α-hetero) is 2. The lowest BCUT2D eigenvalue weighted by Crippen LogP contribution is -2.56. The van der Waals surface area contributed by atoms with Gasteiger partial charge in [0.1, 0.15) is 30.7 Å². The van der Waals surface area contributed by atoms with E-state index in [4.69, 9.17) is 9.47 Å². The molecule has 294 valence electrons. The number of nitrogens with zero attached hydrogens (tertiary/aromatic N) is 1. The summed E-state index contributed by atoms with van der Waals surface area (Å²) < 4.78 is 11.3. The van der Waals surface area contributed by atoms with Crippen LogP contribution < -0.4 is 5.32 Å². The van der Waals surface area contributed by atoms with E-state index >= 15 is 0 Å². The van der Waals surface area contributed by atoms with E-state index in [-0.39, 0.29) is 73.5 Å². The number of aryl methyl sites for hydroxylation is 1. The fourth-order valence-electron chi connectivity index (χ4n) is 6.35. The third kappa shape index (κ3) is 12.7. The van der Waals surface area contributed by atoms with Crippen molar-refractivity contribution < 1.29 is 53.6 Å². The highest BCUT2D eigenvalue weighted by atomic mass is 16.5. The van der Waals surface area contributed by atoms with Crippen molar-refractivity contribution in [1.29, 1.82) is 0 Å². The molecule has 2 aliphatic rings. The Morgan fingerprint density at radius 2 is 1.58 bits per heavy atom. The molecule has 7 atom stereocenters. The number of amides is 3. The van der Waals surface area contributed by atoms with Gasteiger partial charge in [0.2, 0.25) is 5.91 Å². The van der Waals surface area contributed by atoms with Crippen molar-refractivity contribution >= 4 is 35.3 Å². The molecule has 3 amide bonds. The molecule has 13 nitrogen and oxygen atoms in total. The third-order valence-corrected chi connectivity index (χ3v) is 9.94. The Morgan fingerprint density at radius 1 is 0.925 bits per heavy atom. The number of hydrogen-bond donors (Lipinski definition) is 4. The van der Waals surface area contributed by atoms with Gasteiger partial charge in [-0.25, -0.2) is 0 Å². The van der Waals surface area contributed by atoms with Crippen LogP contribution in [0.4, 0.5) is 0 Å². The smallest absolute Gasteiger partial charge is 0.311 e. The Morgan fingerprint density at radius 3 is 2.21 bits per heavy atom. The molecule has 2 aliphatic heterocycles. The number of unbranched alkanes of at least 4 members (excludes halogenated alkanes) is 2. The molecule has 0 aromatic heterocycles. The summed E-state index contributed by atoms with van der Waals surface area (Å²) in [6.45, 7) is 12.5. The lowest BCUT2D eigenvalue weighted by Gasteiger charge is -2.39. The Balaban J connectivity index is 1.59. The van der Waals surface area contributed by atoms with E-state index in [9.17, 15) is 44.1 Å². The normalized spacial score (nSPS) is 22.9. The summed E-state index contributed by atoms with van der Waals surface area (Å²) in [5.41, 5.74) is 1.42. The van der Waals surface area contributed by atoms with Crippen molar-refractivity contribution in [2.24, 2.45) is 17.3 Å². The molecule has 4 N–H and O–H groups in total. The highest BCUT2D eigenvalue weighted by Gasteiger charge is 2.41. The highest BCUT2D eigenvalue weighted by molar-refractivity contribution is 6.12. The lowest BCUT2D eigenvalue weighted by atomic mass is 9.88. The van der Waals surface area contributed by atoms with Gasteiger partial charge in [-0.3, -0.25) is 33.7 Å². The Bertz CT molecular complexity index is 1500. The maximum Gasteiger partial charge on any atom is 0.311 e. The molecule has 0 radical (unpaired) electrons. The monoisotopic (exact) mass is 742 g/mol. The molecule has 1 fully saturated rings. The van der Waals surface area contributed by atoms with Crippen LogP contribution in [-0.4, -0.2) is 98.6 Å². The van der Waals surface area contributed by atoms with Crippen LogP contribution in [-0.2, 0) is 57.7 Å². The molecule has 2 heterocycles. The topological polar surface area (TPSA) is 197 Å². The maximum absolute atomic E-state index is 13.4. The molecule has 53 heavy (non-hydrogen) atoms. The number of ether oxygens (including phenoxy) is 2. The summed E-state index contributed by atoms with van der Waals surface area (Å²) in [6, 6.07) is 4.53. The van der Waals surface area contributed by atoms with E-state index in [0.29, 0.717) is 43.4 Å². The first-order valence-electron chi connectivity index (χ1n) is 18.7. The van der Waals surface area contributed by atoms with E-state index in [1.165, 1.54) is 17.1 Å². The maximum atomic E-state index is 13.4. The molecule has 1 aromatic rings. The van der Waals surface area contributed by atoms with Crippen molar-refractivity contribution in [1.82, 2.24) is 10.2 Å². The molecule has 0 spiro atoms. The second-order valence-electron chi connectivity index (χ2n) is 15.8. The van der Waals surface area contributed by atoms with Crippen LogP contribution in [0.3, 0.4) is 0 Å². The minimum Gasteiger partial charge on any atom is -0.460 e. The van der Waals surface area contributed by atoms with Gasteiger partial charge in [-0.05, 0) is 82.9 Å². The zero-order valence-electron chi connectivity index (χ0n) is 32.1. The summed E-state index contributed by atoms with van der Waals surface area (Å²) in [5.74, 6) is -2.50. The average molecular weight is 743 g/mol. The van der Waals surface area contributed by atoms with Gasteiger partial charge >= 0.3 is 5.97 Å². The Kier molecular flexibility index (Phi) is 16.1. The number of hydrogen-bond acceptors (Lipinski definition) is 11. The molecule has 0 bridgehead atoms. The zero-order valence-corrected chi connectivity index (χ0v) is 32.1. The zero-order chi connectivity index (χ0) is 39.6. The second-order valence-corrected chi connectivity index (χ2v) is 15.8. The van der Waals surface area contributed by atoms with Crippen LogP contribution in [0.1, 0.15) is 104 Å². The van der Waals surface area contributed by atoms with Gasteiger partial charge in [0, 0.05) is 43.9 Å². The van der Waals surface area contributed by atoms with Gasteiger partial charge < -0.3 is 30.1 Å². The molecule has 1 saturated heterocycles. The van der Waals surface area contributed by atoms with Crippen molar-refractivity contribution in [2.75, 3.05) is 6.54 Å². The molecule has 13 heteroatoms. The third-order valence-electron chi connectivity index (χ3n) is 9.94. The number of carbonyl (C=O) groups is 6. The van der Waals surface area contributed by atoms with E-state index in [2.05, 4.69) is 5.32 Å². The van der Waals surface area contributed by atoms with E-state index in [1.54, 1.807) is 46.8 Å². The van der Waals surface area contributed by atoms with E-state index < -0.39 is 47.9 Å². The summed E-state index contributed by atoms with van der Waals surface area (Å²) in [5, 5.41) is 33.7. The van der Waals surface area contributed by atoms with Gasteiger partial charge in [-0.15, -0.1) is 0 Å². The van der Waals surface area contributed by atoms with Gasteiger partial charge in [0.15, 0.2) is 5.78 Å². The number of aliphatic hydroxyl groups excluding tert-OH is 3. The standard InChI is InChI=1S/C40H58N2O11/c1-23(2)30(21-29(43)11-9-8-10-18-42-33(45)16-17-34(42)46)38(50)41-24(3)31(44)20-26-12-13-28(22-52-39(51)40(5,6)7)27(19-26)14-15-32-36(48)37(49)35(47)25(4)53-32/h12-13,16-17,19,23-25,30,32,35-37,47-49H,8-11,14-15,18,20-22H2,1-7H3,(H,41,50)/t24-,25+,30-,32-,35+,36-,37-/m0/s1. The van der Waals surface area contributed by atoms with Crippen molar-refractivity contribution in [2.45, 2.75) is 143 Å². The van der Waals surface area contributed by atoms with Crippen molar-refractivity contribution in [3.05, 3.63) is 47.0 Å². The first kappa shape index (κ1) is 43.6. The molecular formula is C40H58N2O11. The first-order chi connectivity index (χ1) is 24.8. The number of ketones is 2. The minimum absolute atomic E-state index is 0.00302. The molecule has 1 aromatic carbocycles. The van der Waals surface area contributed by atoms with E-state index in [0.717, 1.165) is 5.56 Å². The van der Waals surface area contributed by atoms with Crippen molar-refractivity contribution in [3.8, 4) is 0 Å². The number of esters is 1. The van der Waals surface area contributed by atoms with Crippen LogP contribution in [0.2, 0.25) is 0 Å². The predicted octanol–water partition coefficient (Wildman–Crippen LogP) is 2.91. The van der Waals surface area contributed by atoms with Crippen molar-refractivity contribution in [3.63, 3.8) is 0 Å². The Hall–Kier alpha value is -3.78. The number of rotatable bonds is 19. The largest absolute Gasteiger partial charge is 0.460 e. The molecule has 0 unspecified atom stereocenters. The molecule has 0 saturated carbocycles. The first-order valence-corrected chi connectivity index (χ1v) is 18.7. The minimum atomic E-state index is -1.36. The average Bonchev–Trinajstić information content (AvgIpc) is 3.41. The summed E-state index contributed by atoms with van der Waals surface area (Å²) in [4.78, 5) is 76.5. The number of imide groups is 1. The summed E-state index contributed by atoms with van der Waals surface area (Å²) >= 11 is 0. The van der Waals surface area contributed by atoms with Crippen LogP contribution in [0.15, 0.2) is 30.4 Å². The molecule has 3 rings (SSSR count). The molecular weight excluding hydrogens is 684 g/mol. The lowest BCUT2D eigenvalue weighted by molar-refractivity contribution is -0.218. The van der Waals surface area contributed by atoms with Gasteiger partial charge in [0.25, 0.3) is 11.8 Å². The predicted molar refractivity (Wildman–Crippen MR) is 195 cm³/mol. The molecule has 0 aliphatic carbocycles. The van der Waals surface area contributed by atoms with Crippen LogP contribution in [0, 0.1) is 17.3 Å². The van der Waals surface area contributed by atoms with Gasteiger partial charge in [0.05, 0.1) is 23.7 Å². The second kappa shape index (κ2) is 19.5. The highest BCUT2D eigenvalue weighted by Crippen LogP contribution is 2.27. The fourth-order valence-corrected chi connectivity index (χ4v) is 6.35. The summed E-state index contributed by atoms with van der Waals surface area (Å²) in [6.07, 6.45) is -0.0833. The quantitative estimate of drug-likeness (QED) is 0.0924. The van der Waals surface area contributed by atoms with Crippen LogP contribution >= 0.6 is 0 Å². The van der Waals surface area contributed by atoms with E-state index in [1.807, 2.05) is 19.9 Å². The fraction of sp³-hybridized carbons (Fsp3) is 0.650. The number of benzene rings is 1. The van der Waals surface area contributed by atoms with Crippen LogP contribution in [0.5, 0.6) is 0 Å². The Labute approximate surface area is 312 Å². The number of nitrogens with one attached hydrogen (secondary N) is 1. The van der Waals surface area contributed by atoms with Gasteiger partial charge in [-0.1, -0.05) is 38.5 Å². The number of aliphatic hydroxyl groups is 3. The van der Waals surface area contributed by atoms with Gasteiger partial charge in [-0.2, -0.15) is 0 Å². The van der Waals surface area contributed by atoms with Crippen LogP contribution in [0.25, 0.3) is 0 Å². The number of carbonyl (C=O) groups excluding carboxylic acids is 6. The summed E-state index contributed by atoms with van der Waals surface area (Å²) in [7, 11) is 0.